The molecule has 1 amide bonds. The molecular formula is C17H24F3N4O3S+. The molecule has 0 aromatic heterocycles. The van der Waals surface area contributed by atoms with E-state index in [1.807, 2.05) is 4.90 Å². The van der Waals surface area contributed by atoms with Crippen molar-refractivity contribution in [2.75, 3.05) is 58.3 Å². The minimum absolute atomic E-state index is 0.0117. The lowest BCUT2D eigenvalue weighted by molar-refractivity contribution is -0.895. The van der Waals surface area contributed by atoms with Crippen molar-refractivity contribution in [2.24, 2.45) is 0 Å². The summed E-state index contributed by atoms with van der Waals surface area (Å²) in [5.74, 6) is -0.299. The van der Waals surface area contributed by atoms with Crippen LogP contribution in [0.3, 0.4) is 0 Å². The lowest BCUT2D eigenvalue weighted by Crippen LogP contribution is -3.15. The summed E-state index contributed by atoms with van der Waals surface area (Å²) in [7, 11) is 1.58. The average Bonchev–Trinajstić information content (AvgIpc) is 2.63. The van der Waals surface area contributed by atoms with E-state index in [0.29, 0.717) is 43.6 Å². The fraction of sp³-hybridized carbons (Fsp3) is 0.529. The summed E-state index contributed by atoms with van der Waals surface area (Å²) in [6, 6.07) is 5.39. The van der Waals surface area contributed by atoms with Gasteiger partial charge in [-0.1, -0.05) is 0 Å². The standard InChI is InChI=1S/C17H23F3N4O3S/c1-26-11-6-21-15(25)12-23-7-9-24(10-8-23)16(28)22-13-2-4-14(5-3-13)27-17(18,19)20/h2-5H,6-12H2,1H3,(H,21,25)(H,22,28)/p+1. The molecule has 156 valence electrons. The quantitative estimate of drug-likeness (QED) is 0.433. The SMILES string of the molecule is COCCNC(=O)C[NH+]1CCN(C(=S)Nc2ccc(OC(F)(F)F)cc2)CC1. The number of amides is 1. The van der Waals surface area contributed by atoms with E-state index in [-0.39, 0.29) is 11.7 Å². The van der Waals surface area contributed by atoms with Gasteiger partial charge in [0, 0.05) is 19.3 Å². The maximum absolute atomic E-state index is 12.2. The number of hydrogen-bond donors (Lipinski definition) is 3. The number of alkyl halides is 3. The van der Waals surface area contributed by atoms with Crippen molar-refractivity contribution in [3.8, 4) is 5.75 Å². The fourth-order valence-corrected chi connectivity index (χ4v) is 3.03. The van der Waals surface area contributed by atoms with Crippen LogP contribution in [0.1, 0.15) is 0 Å². The van der Waals surface area contributed by atoms with Gasteiger partial charge in [-0.2, -0.15) is 0 Å². The highest BCUT2D eigenvalue weighted by Crippen LogP contribution is 2.24. The normalized spacial score (nSPS) is 15.2. The molecule has 0 spiro atoms. The topological polar surface area (TPSA) is 67.3 Å². The van der Waals surface area contributed by atoms with Crippen LogP contribution in [-0.2, 0) is 9.53 Å². The van der Waals surface area contributed by atoms with Gasteiger partial charge in [-0.25, -0.2) is 0 Å². The van der Waals surface area contributed by atoms with E-state index < -0.39 is 6.36 Å². The predicted molar refractivity (Wildman–Crippen MR) is 101 cm³/mol. The van der Waals surface area contributed by atoms with Crippen LogP contribution in [0.15, 0.2) is 24.3 Å². The zero-order valence-electron chi connectivity index (χ0n) is 15.5. The van der Waals surface area contributed by atoms with Crippen LogP contribution in [0.4, 0.5) is 18.9 Å². The third kappa shape index (κ3) is 7.87. The first kappa shape index (κ1) is 22.2. The monoisotopic (exact) mass is 421 g/mol. The Kier molecular flexibility index (Phi) is 8.27. The number of halogens is 3. The molecule has 1 aliphatic heterocycles. The third-order valence-electron chi connectivity index (χ3n) is 4.14. The summed E-state index contributed by atoms with van der Waals surface area (Å²) in [4.78, 5) is 15.0. The molecule has 0 saturated carbocycles. The van der Waals surface area contributed by atoms with Crippen LogP contribution in [0.25, 0.3) is 0 Å². The predicted octanol–water partition coefficient (Wildman–Crippen LogP) is 0.245. The number of nitrogens with one attached hydrogen (secondary N) is 3. The van der Waals surface area contributed by atoms with E-state index in [4.69, 9.17) is 17.0 Å². The molecule has 1 saturated heterocycles. The van der Waals surface area contributed by atoms with E-state index in [2.05, 4.69) is 15.4 Å². The van der Waals surface area contributed by atoms with E-state index in [0.717, 1.165) is 13.1 Å². The molecular weight excluding hydrogens is 397 g/mol. The number of anilines is 1. The number of benzene rings is 1. The van der Waals surface area contributed by atoms with Crippen molar-refractivity contribution in [3.63, 3.8) is 0 Å². The van der Waals surface area contributed by atoms with Gasteiger partial charge in [-0.3, -0.25) is 4.79 Å². The smallest absolute Gasteiger partial charge is 0.406 e. The highest BCUT2D eigenvalue weighted by atomic mass is 32.1. The van der Waals surface area contributed by atoms with Crippen molar-refractivity contribution in [3.05, 3.63) is 24.3 Å². The number of piperazine rings is 1. The van der Waals surface area contributed by atoms with Crippen LogP contribution in [0.5, 0.6) is 5.75 Å². The molecule has 0 aliphatic carbocycles. The van der Waals surface area contributed by atoms with Crippen molar-refractivity contribution in [1.82, 2.24) is 10.2 Å². The molecule has 1 fully saturated rings. The Morgan fingerprint density at radius 1 is 1.25 bits per heavy atom. The van der Waals surface area contributed by atoms with Crippen LogP contribution in [0, 0.1) is 0 Å². The Bertz CT molecular complexity index is 650. The van der Waals surface area contributed by atoms with Gasteiger partial charge < -0.3 is 29.9 Å². The zero-order valence-corrected chi connectivity index (χ0v) is 16.3. The molecule has 2 rings (SSSR count). The second-order valence-corrected chi connectivity index (χ2v) is 6.65. The number of rotatable bonds is 7. The van der Waals surface area contributed by atoms with Crippen molar-refractivity contribution < 1.29 is 32.3 Å². The van der Waals surface area contributed by atoms with Gasteiger partial charge in [0.15, 0.2) is 11.7 Å². The van der Waals surface area contributed by atoms with E-state index in [9.17, 15) is 18.0 Å². The first-order valence-electron chi connectivity index (χ1n) is 8.78. The summed E-state index contributed by atoms with van der Waals surface area (Å²) in [5, 5.41) is 6.30. The fourth-order valence-electron chi connectivity index (χ4n) is 2.73. The van der Waals surface area contributed by atoms with E-state index in [1.165, 1.54) is 29.2 Å². The first-order valence-corrected chi connectivity index (χ1v) is 9.18. The molecule has 28 heavy (non-hydrogen) atoms. The number of methoxy groups -OCH3 is 1. The third-order valence-corrected chi connectivity index (χ3v) is 4.50. The molecule has 0 bridgehead atoms. The maximum Gasteiger partial charge on any atom is 0.573 e. The molecule has 0 atom stereocenters. The summed E-state index contributed by atoms with van der Waals surface area (Å²) < 4.78 is 45.3. The zero-order chi connectivity index (χ0) is 20.6. The van der Waals surface area contributed by atoms with Gasteiger partial charge >= 0.3 is 6.36 Å². The van der Waals surface area contributed by atoms with Gasteiger partial charge in [0.05, 0.1) is 32.8 Å². The number of carbonyl (C=O) groups is 1. The molecule has 1 heterocycles. The Morgan fingerprint density at radius 2 is 1.89 bits per heavy atom. The second-order valence-electron chi connectivity index (χ2n) is 6.26. The number of hydrogen-bond acceptors (Lipinski definition) is 4. The molecule has 0 radical (unpaired) electrons. The van der Waals surface area contributed by atoms with Gasteiger partial charge in [-0.05, 0) is 36.5 Å². The molecule has 0 unspecified atom stereocenters. The molecule has 3 N–H and O–H groups in total. The molecule has 1 aromatic rings. The average molecular weight is 421 g/mol. The van der Waals surface area contributed by atoms with Gasteiger partial charge in [0.1, 0.15) is 5.75 Å². The highest BCUT2D eigenvalue weighted by Gasteiger charge is 2.31. The van der Waals surface area contributed by atoms with Gasteiger partial charge in [0.2, 0.25) is 0 Å². The summed E-state index contributed by atoms with van der Waals surface area (Å²) in [6.45, 7) is 4.27. The summed E-state index contributed by atoms with van der Waals surface area (Å²) >= 11 is 5.37. The first-order chi connectivity index (χ1) is 13.3. The Morgan fingerprint density at radius 3 is 2.46 bits per heavy atom. The molecule has 7 nitrogen and oxygen atoms in total. The van der Waals surface area contributed by atoms with Crippen LogP contribution < -0.4 is 20.3 Å². The molecule has 1 aliphatic rings. The Balaban J connectivity index is 1.74. The van der Waals surface area contributed by atoms with Crippen LogP contribution in [0.2, 0.25) is 0 Å². The Hall–Kier alpha value is -2.11. The van der Waals surface area contributed by atoms with Crippen molar-refractivity contribution >= 4 is 28.9 Å². The lowest BCUT2D eigenvalue weighted by Gasteiger charge is -2.33. The minimum Gasteiger partial charge on any atom is -0.406 e. The lowest BCUT2D eigenvalue weighted by atomic mass is 10.3. The number of carbonyl (C=O) groups excluding carboxylic acids is 1. The Labute approximate surface area is 166 Å². The summed E-state index contributed by atoms with van der Waals surface area (Å²) in [6.07, 6.45) is -4.72. The van der Waals surface area contributed by atoms with Crippen LogP contribution >= 0.6 is 12.2 Å². The van der Waals surface area contributed by atoms with Gasteiger partial charge in [0.25, 0.3) is 5.91 Å². The number of nitrogens with zero attached hydrogens (tertiary/aromatic N) is 1. The summed E-state index contributed by atoms with van der Waals surface area (Å²) in [5.41, 5.74) is 0.576. The second kappa shape index (κ2) is 10.4. The van der Waals surface area contributed by atoms with Gasteiger partial charge in [-0.15, -0.1) is 13.2 Å². The molecule has 1 aromatic carbocycles. The van der Waals surface area contributed by atoms with E-state index >= 15 is 0 Å². The highest BCUT2D eigenvalue weighted by molar-refractivity contribution is 7.80. The van der Waals surface area contributed by atoms with E-state index in [1.54, 1.807) is 7.11 Å². The van der Waals surface area contributed by atoms with Crippen LogP contribution in [-0.4, -0.2) is 75.3 Å². The largest absolute Gasteiger partial charge is 0.573 e. The van der Waals surface area contributed by atoms with Crippen molar-refractivity contribution in [1.29, 1.82) is 0 Å². The number of quaternary nitrogens is 1. The van der Waals surface area contributed by atoms with Crippen molar-refractivity contribution in [2.45, 2.75) is 6.36 Å². The maximum atomic E-state index is 12.2. The minimum atomic E-state index is -4.72. The molecule has 11 heteroatoms. The number of ether oxygens (including phenoxy) is 2. The number of thiocarbonyl (C=S) groups is 1.